The van der Waals surface area contributed by atoms with Gasteiger partial charge in [0, 0.05) is 92.3 Å². The number of hydrogen-bond acceptors (Lipinski definition) is 30. The Morgan fingerprint density at radius 2 is 0.289 bits per heavy atom. The third-order valence-electron chi connectivity index (χ3n) is 20.8. The molecule has 5 heterocycles. The highest BCUT2D eigenvalue weighted by atomic mass is 16.6. The van der Waals surface area contributed by atoms with Gasteiger partial charge in [-0.2, -0.15) is 0 Å². The summed E-state index contributed by atoms with van der Waals surface area (Å²) < 4.78 is 148. The maximum Gasteiger partial charge on any atom is 0.170 e. The monoisotopic (exact) mass is 1730 g/mol. The Bertz CT molecular complexity index is 6190. The number of aromatic amines is 2. The maximum absolute atomic E-state index is 6.97. The summed E-state index contributed by atoms with van der Waals surface area (Å²) in [5.41, 5.74) is 2.33. The first-order chi connectivity index (χ1) is 62.5. The average molecular weight is 1730 g/mol. The van der Waals surface area contributed by atoms with Crippen LogP contribution in [0.3, 0.4) is 0 Å². The molecule has 0 atom stereocenters. The molecular weight excluding hydrogens is 1650 g/mol. The Hall–Kier alpha value is -16.8. The molecular formula is C96H82N8O24. The fraction of sp³-hybridized carbons (Fsp3) is 0.167. The SMILES string of the molecule is COc1ccc(Oc2cc3c(cc2Oc2ccc(OC)c(OC)c2)-c2nc-3nc3[nH]c(nc4nc(nc5[nH]c(n2)c2cc(Oc6ccc(OC)c(OC)c6)c(Oc6ccc(OC)c(OC)c6)cc52)-c2cc(Oc5ccc(OC)c(OC)c5)c(Oc5ccc(OC)c(OC)c5)cc2-4)c2cc(Oc4ccc(OC)c(OC)c4)c(Oc4ccc(OC)c(OC)c4)cc32)cc1OC. The predicted molar refractivity (Wildman–Crippen MR) is 473 cm³/mol. The fourth-order valence-corrected chi connectivity index (χ4v) is 14.5. The molecule has 3 aromatic heterocycles. The van der Waals surface area contributed by atoms with Gasteiger partial charge in [0.15, 0.2) is 161 Å². The number of H-pyrrole nitrogens is 2. The summed E-state index contributed by atoms with van der Waals surface area (Å²) in [5.74, 6) is 11.2. The van der Waals surface area contributed by atoms with E-state index in [2.05, 4.69) is 9.97 Å². The van der Waals surface area contributed by atoms with Crippen molar-refractivity contribution >= 4 is 44.1 Å². The second-order valence-electron chi connectivity index (χ2n) is 27.9. The number of rotatable bonds is 32. The summed E-state index contributed by atoms with van der Waals surface area (Å²) in [6.07, 6.45) is 0. The van der Waals surface area contributed by atoms with E-state index in [9.17, 15) is 0 Å². The number of methoxy groups -OCH3 is 16. The molecule has 0 fully saturated rings. The van der Waals surface area contributed by atoms with Crippen molar-refractivity contribution in [3.63, 3.8) is 0 Å². The van der Waals surface area contributed by atoms with Crippen molar-refractivity contribution in [2.24, 2.45) is 0 Å². The van der Waals surface area contributed by atoms with E-state index in [0.29, 0.717) is 182 Å². The lowest BCUT2D eigenvalue weighted by molar-refractivity contribution is 0.349. The minimum absolute atomic E-state index is 0.102. The lowest BCUT2D eigenvalue weighted by Gasteiger charge is -2.16. The Kier molecular flexibility index (Phi) is 23.4. The zero-order chi connectivity index (χ0) is 89.0. The van der Waals surface area contributed by atoms with Gasteiger partial charge in [-0.05, 0) is 146 Å². The Morgan fingerprint density at radius 1 is 0.148 bits per heavy atom. The first-order valence-corrected chi connectivity index (χ1v) is 39.3. The van der Waals surface area contributed by atoms with Gasteiger partial charge in [0.2, 0.25) is 0 Å². The van der Waals surface area contributed by atoms with E-state index in [-0.39, 0.29) is 91.9 Å². The minimum Gasteiger partial charge on any atom is -0.493 e. The molecule has 0 saturated carbocycles. The van der Waals surface area contributed by atoms with E-state index < -0.39 is 0 Å². The number of fused-ring (bicyclic) bond motifs is 20. The van der Waals surface area contributed by atoms with Gasteiger partial charge in [-0.15, -0.1) is 0 Å². The number of nitrogens with zero attached hydrogens (tertiary/aromatic N) is 6. The number of aromatic nitrogens is 8. The summed E-state index contributed by atoms with van der Waals surface area (Å²) in [4.78, 5) is 40.4. The third kappa shape index (κ3) is 16.4. The Morgan fingerprint density at radius 3 is 0.430 bits per heavy atom. The van der Waals surface area contributed by atoms with Crippen LogP contribution < -0.4 is 114 Å². The standard InChI is InChI=1S/C96H82N8O24/c1-105-65-25-17-49(33-73(65)113-9)121-81-41-57-58(42-82(81)122-50-18-26-66(106-2)74(34-50)114-10)90-97-89(57)101-91-59-43-83(123-51-19-27-67(107-3)75(35-51)115-11)84(124-52-20-28-68(108-4)76(36-52)116-12)44-60(59)93(98-91)103-95-63-47-87(127-55-23-31-71(111-7)79(39-55)119-15)88(128-56-24-32-72(112-8)80(40-56)120-16)48-64(63)96(100-95)104-94-62-46-86(126-54-22-30-70(110-6)78(38-54)118-14)85(45-61(62)92(99-94)102-90)125-53-21-29-69(109-5)77(37-53)117-13/h17-48H,1-16H3,(H2,97,98,99,100,101,102,103,104). The van der Waals surface area contributed by atoms with Crippen LogP contribution in [0.4, 0.5) is 0 Å². The third-order valence-corrected chi connectivity index (χ3v) is 20.8. The molecule has 650 valence electrons. The predicted octanol–water partition coefficient (Wildman–Crippen LogP) is 21.3. The van der Waals surface area contributed by atoms with Gasteiger partial charge < -0.3 is 124 Å². The van der Waals surface area contributed by atoms with Crippen LogP contribution in [0.1, 0.15) is 0 Å². The smallest absolute Gasteiger partial charge is 0.170 e. The van der Waals surface area contributed by atoms with Crippen molar-refractivity contribution in [2.45, 2.75) is 0 Å². The molecule has 12 aromatic carbocycles. The Labute approximate surface area is 731 Å². The fourth-order valence-electron chi connectivity index (χ4n) is 14.5. The number of hydrogen-bond donors (Lipinski definition) is 2. The summed E-state index contributed by atoms with van der Waals surface area (Å²) in [7, 11) is 24.6. The molecule has 2 N–H and O–H groups in total. The molecule has 8 bridgehead atoms. The van der Waals surface area contributed by atoms with Gasteiger partial charge in [0.05, 0.1) is 114 Å². The highest BCUT2D eigenvalue weighted by molar-refractivity contribution is 6.08. The molecule has 0 spiro atoms. The summed E-state index contributed by atoms with van der Waals surface area (Å²) in [5, 5.41) is 1.68. The second-order valence-corrected chi connectivity index (χ2v) is 27.9. The zero-order valence-corrected chi connectivity index (χ0v) is 72.0. The molecule has 128 heavy (non-hydrogen) atoms. The Balaban J connectivity index is 1.01. The number of ether oxygens (including phenoxy) is 24. The molecule has 2 aliphatic rings. The lowest BCUT2D eigenvalue weighted by atomic mass is 10.1. The molecule has 32 heteroatoms. The van der Waals surface area contributed by atoms with Crippen LogP contribution >= 0.6 is 0 Å². The van der Waals surface area contributed by atoms with Gasteiger partial charge in [0.1, 0.15) is 68.6 Å². The van der Waals surface area contributed by atoms with Crippen molar-refractivity contribution in [1.82, 2.24) is 39.9 Å². The molecule has 2 aliphatic heterocycles. The molecule has 17 rings (SSSR count). The van der Waals surface area contributed by atoms with Crippen LogP contribution in [0.2, 0.25) is 0 Å². The van der Waals surface area contributed by atoms with Crippen molar-refractivity contribution in [1.29, 1.82) is 0 Å². The van der Waals surface area contributed by atoms with Crippen LogP contribution in [0, 0.1) is 0 Å². The molecule has 32 nitrogen and oxygen atoms in total. The van der Waals surface area contributed by atoms with E-state index >= 15 is 0 Å². The van der Waals surface area contributed by atoms with Crippen LogP contribution in [0.15, 0.2) is 194 Å². The van der Waals surface area contributed by atoms with Gasteiger partial charge in [0.25, 0.3) is 0 Å². The largest absolute Gasteiger partial charge is 0.493 e. The van der Waals surface area contributed by atoms with Gasteiger partial charge in [-0.3, -0.25) is 0 Å². The van der Waals surface area contributed by atoms with Crippen molar-refractivity contribution in [2.75, 3.05) is 114 Å². The van der Waals surface area contributed by atoms with Crippen molar-refractivity contribution in [3.05, 3.63) is 194 Å². The quantitative estimate of drug-likeness (QED) is 0.0395. The zero-order valence-electron chi connectivity index (χ0n) is 72.0. The van der Waals surface area contributed by atoms with Crippen molar-refractivity contribution < 1.29 is 114 Å². The summed E-state index contributed by atoms with van der Waals surface area (Å²) >= 11 is 0. The number of benzene rings is 12. The molecule has 0 saturated heterocycles. The summed E-state index contributed by atoms with van der Waals surface area (Å²) in [6.45, 7) is 0. The van der Waals surface area contributed by atoms with Crippen LogP contribution in [-0.2, 0) is 0 Å². The first-order valence-electron chi connectivity index (χ1n) is 39.3. The summed E-state index contributed by atoms with van der Waals surface area (Å²) in [6, 6.07) is 55.2. The highest BCUT2D eigenvalue weighted by Gasteiger charge is 2.31. The lowest BCUT2D eigenvalue weighted by Crippen LogP contribution is -1.96. The van der Waals surface area contributed by atoms with Gasteiger partial charge in [-0.25, -0.2) is 29.9 Å². The molecule has 0 aliphatic carbocycles. The highest BCUT2D eigenvalue weighted by Crippen LogP contribution is 2.53. The normalized spacial score (nSPS) is 11.1. The second kappa shape index (κ2) is 35.9. The number of nitrogens with one attached hydrogen (secondary N) is 2. The molecule has 15 aromatic rings. The molecule has 0 amide bonds. The minimum atomic E-state index is 0.102. The van der Waals surface area contributed by atoms with E-state index in [1.165, 1.54) is 56.9 Å². The van der Waals surface area contributed by atoms with Crippen LogP contribution in [0.5, 0.6) is 184 Å². The topological polar surface area (TPSA) is 330 Å². The van der Waals surface area contributed by atoms with E-state index in [1.54, 1.807) is 251 Å². The van der Waals surface area contributed by atoms with E-state index in [1.807, 2.05) is 0 Å². The van der Waals surface area contributed by atoms with Crippen LogP contribution in [0.25, 0.3) is 89.7 Å². The van der Waals surface area contributed by atoms with Gasteiger partial charge >= 0.3 is 0 Å². The molecule has 0 unspecified atom stereocenters. The maximum atomic E-state index is 6.97. The average Bonchev–Trinajstić information content (AvgIpc) is 1.58. The first kappa shape index (κ1) is 83.5. The van der Waals surface area contributed by atoms with Crippen LogP contribution in [-0.4, -0.2) is 154 Å². The van der Waals surface area contributed by atoms with E-state index in [0.717, 1.165) is 0 Å². The van der Waals surface area contributed by atoms with E-state index in [4.69, 9.17) is 144 Å². The van der Waals surface area contributed by atoms with Crippen molar-refractivity contribution in [3.8, 4) is 230 Å². The molecule has 0 radical (unpaired) electrons. The van der Waals surface area contributed by atoms with Gasteiger partial charge in [-0.1, -0.05) is 0 Å².